The highest BCUT2D eigenvalue weighted by Gasteiger charge is 1.99. The summed E-state index contributed by atoms with van der Waals surface area (Å²) >= 11 is 3.40. The Hall–Kier alpha value is -0.870. The quantitative estimate of drug-likeness (QED) is 0.709. The number of rotatable bonds is 2. The molecule has 2 aromatic heterocycles. The molecule has 0 atom stereocenters. The van der Waals surface area contributed by atoms with E-state index in [-0.39, 0.29) is 0 Å². The van der Waals surface area contributed by atoms with Crippen molar-refractivity contribution in [3.8, 4) is 0 Å². The second-order valence-electron chi connectivity index (χ2n) is 2.48. The largest absolute Gasteiger partial charge is 0.242 e. The summed E-state index contributed by atoms with van der Waals surface area (Å²) < 4.78 is 1.26. The van der Waals surface area contributed by atoms with Gasteiger partial charge in [0.2, 0.25) is 0 Å². The zero-order chi connectivity index (χ0) is 9.10. The van der Waals surface area contributed by atoms with Gasteiger partial charge in [0, 0.05) is 6.20 Å². The van der Waals surface area contributed by atoms with Crippen molar-refractivity contribution in [2.75, 3.05) is 0 Å². The Kier molecular flexibility index (Phi) is 2.61. The van der Waals surface area contributed by atoms with Crippen LogP contribution in [-0.2, 0) is 0 Å². The van der Waals surface area contributed by atoms with Crippen LogP contribution in [0.4, 0.5) is 0 Å². The molecular formula is C9H8N2S2. The molecule has 0 radical (unpaired) electrons. The molecule has 0 fully saturated rings. The topological polar surface area (TPSA) is 25.8 Å². The Morgan fingerprint density at radius 1 is 1.38 bits per heavy atom. The Balaban J connectivity index is 2.19. The van der Waals surface area contributed by atoms with Crippen molar-refractivity contribution in [1.29, 1.82) is 0 Å². The summed E-state index contributed by atoms with van der Waals surface area (Å²) in [5, 5.41) is 3.08. The Morgan fingerprint density at radius 2 is 2.31 bits per heavy atom. The lowest BCUT2D eigenvalue weighted by molar-refractivity contribution is 0.968. The van der Waals surface area contributed by atoms with E-state index in [0.29, 0.717) is 0 Å². The molecule has 0 bridgehead atoms. The highest BCUT2D eigenvalue weighted by molar-refractivity contribution is 8.01. The minimum Gasteiger partial charge on any atom is -0.242 e. The van der Waals surface area contributed by atoms with Gasteiger partial charge in [0.05, 0.1) is 4.21 Å². The first-order chi connectivity index (χ1) is 6.34. The van der Waals surface area contributed by atoms with E-state index in [2.05, 4.69) is 21.4 Å². The maximum atomic E-state index is 4.31. The maximum absolute atomic E-state index is 4.31. The third-order valence-corrected chi connectivity index (χ3v) is 3.42. The summed E-state index contributed by atoms with van der Waals surface area (Å²) in [5.41, 5.74) is 0. The first-order valence-corrected chi connectivity index (χ1v) is 5.55. The van der Waals surface area contributed by atoms with Crippen LogP contribution >= 0.6 is 23.1 Å². The smallest absolute Gasteiger partial charge is 0.126 e. The fourth-order valence-corrected chi connectivity index (χ4v) is 2.64. The first kappa shape index (κ1) is 8.72. The first-order valence-electron chi connectivity index (χ1n) is 3.85. The van der Waals surface area contributed by atoms with Crippen molar-refractivity contribution in [3.63, 3.8) is 0 Å². The normalized spacial score (nSPS) is 10.2. The lowest BCUT2D eigenvalue weighted by Gasteiger charge is -1.97. The van der Waals surface area contributed by atoms with Crippen LogP contribution in [0, 0.1) is 6.92 Å². The van der Waals surface area contributed by atoms with Crippen LogP contribution in [0.1, 0.15) is 5.82 Å². The van der Waals surface area contributed by atoms with Gasteiger partial charge in [-0.3, -0.25) is 0 Å². The summed E-state index contributed by atoms with van der Waals surface area (Å²) in [6.07, 6.45) is 1.79. The predicted octanol–water partition coefficient (Wildman–Crippen LogP) is 3.00. The summed E-state index contributed by atoms with van der Waals surface area (Å²) in [6, 6.07) is 6.06. The van der Waals surface area contributed by atoms with Crippen molar-refractivity contribution in [2.24, 2.45) is 0 Å². The predicted molar refractivity (Wildman–Crippen MR) is 55.2 cm³/mol. The second-order valence-corrected chi connectivity index (χ2v) is 4.74. The molecule has 0 saturated carbocycles. The van der Waals surface area contributed by atoms with E-state index in [1.165, 1.54) is 4.21 Å². The van der Waals surface area contributed by atoms with Crippen LogP contribution in [0.25, 0.3) is 0 Å². The van der Waals surface area contributed by atoms with Gasteiger partial charge in [-0.1, -0.05) is 17.8 Å². The van der Waals surface area contributed by atoms with Gasteiger partial charge >= 0.3 is 0 Å². The van der Waals surface area contributed by atoms with Gasteiger partial charge in [-0.2, -0.15) is 0 Å². The van der Waals surface area contributed by atoms with Crippen LogP contribution < -0.4 is 0 Å². The number of aromatic nitrogens is 2. The number of thiophene rings is 1. The average molecular weight is 208 g/mol. The molecule has 2 nitrogen and oxygen atoms in total. The third-order valence-electron chi connectivity index (χ3n) is 1.45. The van der Waals surface area contributed by atoms with E-state index < -0.39 is 0 Å². The van der Waals surface area contributed by atoms with Crippen molar-refractivity contribution in [2.45, 2.75) is 16.2 Å². The molecule has 0 spiro atoms. The lowest BCUT2D eigenvalue weighted by atomic mass is 10.6. The molecule has 0 N–H and O–H groups in total. The average Bonchev–Trinajstić information content (AvgIpc) is 2.57. The number of nitrogens with zero attached hydrogens (tertiary/aromatic N) is 2. The van der Waals surface area contributed by atoms with Crippen molar-refractivity contribution in [1.82, 2.24) is 9.97 Å². The lowest BCUT2D eigenvalue weighted by Crippen LogP contribution is -1.86. The Morgan fingerprint density at radius 3 is 3.00 bits per heavy atom. The fraction of sp³-hybridized carbons (Fsp3) is 0.111. The summed E-state index contributed by atoms with van der Waals surface area (Å²) in [5.74, 6) is 0.821. The number of hydrogen-bond acceptors (Lipinski definition) is 4. The Bertz CT molecular complexity index is 384. The molecule has 2 rings (SSSR count). The van der Waals surface area contributed by atoms with Crippen molar-refractivity contribution < 1.29 is 0 Å². The maximum Gasteiger partial charge on any atom is 0.126 e. The Labute approximate surface area is 85.1 Å². The second kappa shape index (κ2) is 3.89. The van der Waals surface area contributed by atoms with E-state index >= 15 is 0 Å². The molecule has 66 valence electrons. The van der Waals surface area contributed by atoms with E-state index in [0.717, 1.165) is 10.9 Å². The van der Waals surface area contributed by atoms with E-state index in [4.69, 9.17) is 0 Å². The van der Waals surface area contributed by atoms with Crippen LogP contribution in [0.2, 0.25) is 0 Å². The van der Waals surface area contributed by atoms with Gasteiger partial charge in [0.25, 0.3) is 0 Å². The molecule has 2 aromatic rings. The molecule has 4 heteroatoms. The molecule has 0 aliphatic heterocycles. The molecule has 0 amide bonds. The van der Waals surface area contributed by atoms with Gasteiger partial charge in [0.1, 0.15) is 10.9 Å². The minimum absolute atomic E-state index is 0.821. The fourth-order valence-electron chi connectivity index (χ4n) is 0.916. The van der Waals surface area contributed by atoms with Crippen LogP contribution in [-0.4, -0.2) is 9.97 Å². The third kappa shape index (κ3) is 2.29. The summed E-state index contributed by atoms with van der Waals surface area (Å²) in [4.78, 5) is 8.35. The molecule has 0 saturated heterocycles. The number of hydrogen-bond donors (Lipinski definition) is 0. The number of aryl methyl sites for hydroxylation is 1. The monoisotopic (exact) mass is 208 g/mol. The van der Waals surface area contributed by atoms with E-state index in [1.54, 1.807) is 29.3 Å². The van der Waals surface area contributed by atoms with Gasteiger partial charge in [-0.25, -0.2) is 9.97 Å². The standard InChI is InChI=1S/C9H8N2S2/c1-7-10-5-4-8(11-7)13-9-3-2-6-12-9/h2-6H,1H3. The van der Waals surface area contributed by atoms with Gasteiger partial charge in [0.15, 0.2) is 0 Å². The highest BCUT2D eigenvalue weighted by atomic mass is 32.2. The summed E-state index contributed by atoms with van der Waals surface area (Å²) in [7, 11) is 0. The molecule has 0 aliphatic carbocycles. The molecular weight excluding hydrogens is 200 g/mol. The van der Waals surface area contributed by atoms with Gasteiger partial charge < -0.3 is 0 Å². The van der Waals surface area contributed by atoms with Crippen LogP contribution in [0.3, 0.4) is 0 Å². The molecule has 13 heavy (non-hydrogen) atoms. The SMILES string of the molecule is Cc1nccc(Sc2cccs2)n1. The zero-order valence-corrected chi connectivity index (χ0v) is 8.73. The van der Waals surface area contributed by atoms with Gasteiger partial charge in [-0.15, -0.1) is 11.3 Å². The molecule has 0 aromatic carbocycles. The summed E-state index contributed by atoms with van der Waals surface area (Å²) in [6.45, 7) is 1.90. The van der Waals surface area contributed by atoms with E-state index in [1.807, 2.05) is 19.1 Å². The molecule has 2 heterocycles. The highest BCUT2D eigenvalue weighted by Crippen LogP contribution is 2.29. The van der Waals surface area contributed by atoms with E-state index in [9.17, 15) is 0 Å². The van der Waals surface area contributed by atoms with Crippen molar-refractivity contribution >= 4 is 23.1 Å². The van der Waals surface area contributed by atoms with Crippen LogP contribution in [0.15, 0.2) is 39.0 Å². The molecule has 0 unspecified atom stereocenters. The van der Waals surface area contributed by atoms with Crippen LogP contribution in [0.5, 0.6) is 0 Å². The van der Waals surface area contributed by atoms with Crippen molar-refractivity contribution in [3.05, 3.63) is 35.6 Å². The minimum atomic E-state index is 0.821. The van der Waals surface area contributed by atoms with Gasteiger partial charge in [-0.05, 0) is 24.4 Å². The zero-order valence-electron chi connectivity index (χ0n) is 7.10. The molecule has 0 aliphatic rings.